The number of rotatable bonds is 5. The van der Waals surface area contributed by atoms with Crippen LogP contribution in [0.5, 0.6) is 23.0 Å². The third-order valence-corrected chi connectivity index (χ3v) is 6.37. The summed E-state index contributed by atoms with van der Waals surface area (Å²) in [5.74, 6) is 3.12. The topological polar surface area (TPSA) is 40.2 Å². The monoisotopic (exact) mass is 451 g/mol. The number of fused-ring (bicyclic) bond motifs is 2. The number of ether oxygens (including phenoxy) is 4. The Balaban J connectivity index is 1.55. The van der Waals surface area contributed by atoms with Crippen LogP contribution in [0.4, 0.5) is 0 Å². The van der Waals surface area contributed by atoms with Crippen molar-refractivity contribution in [3.63, 3.8) is 0 Å². The lowest BCUT2D eigenvalue weighted by molar-refractivity contribution is 0.170. The van der Waals surface area contributed by atoms with Gasteiger partial charge in [0.1, 0.15) is 13.2 Å². The van der Waals surface area contributed by atoms with Crippen LogP contribution in [-0.2, 0) is 13.0 Å². The highest BCUT2D eigenvalue weighted by Crippen LogP contribution is 2.42. The number of methoxy groups -OCH3 is 2. The molecule has 2 heterocycles. The Kier molecular flexibility index (Phi) is 5.85. The average Bonchev–Trinajstić information content (AvgIpc) is 2.83. The van der Waals surface area contributed by atoms with Crippen molar-refractivity contribution in [1.82, 2.24) is 4.90 Å². The average molecular weight is 452 g/mol. The van der Waals surface area contributed by atoms with E-state index in [-0.39, 0.29) is 6.04 Å². The normalized spacial score (nSPS) is 17.5. The SMILES string of the molecule is COc1cc2c(cc1OC)[C@H](c1cccc(Cl)c1)N(Cc1ccc3c(c1)OCCO3)CC2. The molecule has 0 N–H and O–H groups in total. The lowest BCUT2D eigenvalue weighted by Gasteiger charge is -2.38. The van der Waals surface area contributed by atoms with Gasteiger partial charge in [0.2, 0.25) is 0 Å². The maximum Gasteiger partial charge on any atom is 0.161 e. The van der Waals surface area contributed by atoms with Crippen molar-refractivity contribution in [3.05, 3.63) is 81.9 Å². The molecule has 0 saturated carbocycles. The van der Waals surface area contributed by atoms with E-state index in [1.165, 1.54) is 16.7 Å². The Morgan fingerprint density at radius 3 is 2.50 bits per heavy atom. The van der Waals surface area contributed by atoms with Crippen LogP contribution in [0, 0.1) is 0 Å². The second-order valence-corrected chi connectivity index (χ2v) is 8.50. The molecule has 0 amide bonds. The minimum absolute atomic E-state index is 0.0467. The molecule has 0 radical (unpaired) electrons. The number of nitrogens with zero attached hydrogens (tertiary/aromatic N) is 1. The minimum atomic E-state index is 0.0467. The van der Waals surface area contributed by atoms with Crippen molar-refractivity contribution in [2.75, 3.05) is 34.0 Å². The predicted octanol–water partition coefficient (Wildman–Crippen LogP) is 5.28. The first kappa shape index (κ1) is 21.0. The molecule has 5 nitrogen and oxygen atoms in total. The Morgan fingerprint density at radius 2 is 1.72 bits per heavy atom. The van der Waals surface area contributed by atoms with Gasteiger partial charge in [0.05, 0.1) is 20.3 Å². The molecule has 1 atom stereocenters. The second-order valence-electron chi connectivity index (χ2n) is 8.06. The molecule has 0 unspecified atom stereocenters. The molecule has 0 spiro atoms. The summed E-state index contributed by atoms with van der Waals surface area (Å²) in [6, 6.07) is 18.6. The molecule has 5 rings (SSSR count). The number of hydrogen-bond donors (Lipinski definition) is 0. The molecular weight excluding hydrogens is 426 g/mol. The molecule has 2 aliphatic heterocycles. The fourth-order valence-electron chi connectivity index (χ4n) is 4.66. The van der Waals surface area contributed by atoms with Crippen LogP contribution >= 0.6 is 11.6 Å². The van der Waals surface area contributed by atoms with Crippen molar-refractivity contribution in [2.45, 2.75) is 19.0 Å². The van der Waals surface area contributed by atoms with Gasteiger partial charge in [0.25, 0.3) is 0 Å². The first-order chi connectivity index (χ1) is 15.7. The van der Waals surface area contributed by atoms with Crippen molar-refractivity contribution in [3.8, 4) is 23.0 Å². The van der Waals surface area contributed by atoms with E-state index in [9.17, 15) is 0 Å². The summed E-state index contributed by atoms with van der Waals surface area (Å²) in [4.78, 5) is 2.48. The summed E-state index contributed by atoms with van der Waals surface area (Å²) in [5, 5.41) is 0.731. The molecule has 2 aliphatic rings. The third kappa shape index (κ3) is 3.98. The quantitative estimate of drug-likeness (QED) is 0.528. The molecule has 3 aromatic rings. The molecule has 0 aliphatic carbocycles. The van der Waals surface area contributed by atoms with Gasteiger partial charge in [0, 0.05) is 18.1 Å². The summed E-state index contributed by atoms with van der Waals surface area (Å²) in [6.45, 7) is 2.87. The largest absolute Gasteiger partial charge is 0.493 e. The van der Waals surface area contributed by atoms with E-state index in [0.29, 0.717) is 13.2 Å². The van der Waals surface area contributed by atoms with E-state index in [4.69, 9.17) is 30.5 Å². The molecule has 0 saturated heterocycles. The maximum absolute atomic E-state index is 6.39. The van der Waals surface area contributed by atoms with Gasteiger partial charge in [0.15, 0.2) is 23.0 Å². The number of benzene rings is 3. The molecule has 0 bridgehead atoms. The Labute approximate surface area is 193 Å². The molecule has 3 aromatic carbocycles. The lowest BCUT2D eigenvalue weighted by atomic mass is 9.87. The van der Waals surface area contributed by atoms with Crippen LogP contribution in [-0.4, -0.2) is 38.9 Å². The maximum atomic E-state index is 6.39. The summed E-state index contributed by atoms with van der Waals surface area (Å²) < 4.78 is 22.7. The van der Waals surface area contributed by atoms with Crippen molar-refractivity contribution in [1.29, 1.82) is 0 Å². The van der Waals surface area contributed by atoms with Crippen LogP contribution in [0.1, 0.15) is 28.3 Å². The van der Waals surface area contributed by atoms with Crippen LogP contribution < -0.4 is 18.9 Å². The van der Waals surface area contributed by atoms with Gasteiger partial charge >= 0.3 is 0 Å². The van der Waals surface area contributed by atoms with Gasteiger partial charge in [-0.3, -0.25) is 4.90 Å². The van der Waals surface area contributed by atoms with Crippen LogP contribution in [0.3, 0.4) is 0 Å². The van der Waals surface area contributed by atoms with Crippen LogP contribution in [0.15, 0.2) is 54.6 Å². The van der Waals surface area contributed by atoms with E-state index in [1.54, 1.807) is 14.2 Å². The number of halogens is 1. The zero-order valence-corrected chi connectivity index (χ0v) is 19.0. The van der Waals surface area contributed by atoms with E-state index >= 15 is 0 Å². The third-order valence-electron chi connectivity index (χ3n) is 6.13. The zero-order valence-electron chi connectivity index (χ0n) is 18.3. The predicted molar refractivity (Wildman–Crippen MR) is 124 cm³/mol. The van der Waals surface area contributed by atoms with Crippen molar-refractivity contribution in [2.24, 2.45) is 0 Å². The Morgan fingerprint density at radius 1 is 0.938 bits per heavy atom. The molecule has 0 aromatic heterocycles. The summed E-state index contributed by atoms with van der Waals surface area (Å²) >= 11 is 6.39. The summed E-state index contributed by atoms with van der Waals surface area (Å²) in [7, 11) is 3.35. The van der Waals surface area contributed by atoms with Crippen molar-refractivity contribution >= 4 is 11.6 Å². The first-order valence-corrected chi connectivity index (χ1v) is 11.2. The highest BCUT2D eigenvalue weighted by molar-refractivity contribution is 6.30. The van der Waals surface area contributed by atoms with Crippen LogP contribution in [0.2, 0.25) is 5.02 Å². The lowest BCUT2D eigenvalue weighted by Crippen LogP contribution is -2.35. The zero-order chi connectivity index (χ0) is 22.1. The van der Waals surface area contributed by atoms with E-state index in [1.807, 2.05) is 18.2 Å². The highest BCUT2D eigenvalue weighted by Gasteiger charge is 2.31. The smallest absolute Gasteiger partial charge is 0.161 e. The number of hydrogen-bond acceptors (Lipinski definition) is 5. The molecule has 32 heavy (non-hydrogen) atoms. The summed E-state index contributed by atoms with van der Waals surface area (Å²) in [5.41, 5.74) is 4.83. The second kappa shape index (κ2) is 8.93. The standard InChI is InChI=1S/C26H26ClNO4/c1-29-23-14-18-8-9-28(16-17-6-7-22-25(12-17)32-11-10-31-22)26(21(18)15-24(23)30-2)19-4-3-5-20(27)13-19/h3-7,12-15,26H,8-11,16H2,1-2H3/t26-/m0/s1. The molecule has 166 valence electrons. The van der Waals surface area contributed by atoms with E-state index in [0.717, 1.165) is 53.1 Å². The van der Waals surface area contributed by atoms with E-state index < -0.39 is 0 Å². The van der Waals surface area contributed by atoms with E-state index in [2.05, 4.69) is 41.3 Å². The Bertz CT molecular complexity index is 1130. The van der Waals surface area contributed by atoms with Gasteiger partial charge in [-0.1, -0.05) is 29.8 Å². The minimum Gasteiger partial charge on any atom is -0.493 e. The first-order valence-electron chi connectivity index (χ1n) is 10.8. The molecular formula is C26H26ClNO4. The van der Waals surface area contributed by atoms with Gasteiger partial charge < -0.3 is 18.9 Å². The molecule has 0 fully saturated rings. The highest BCUT2D eigenvalue weighted by atomic mass is 35.5. The van der Waals surface area contributed by atoms with Gasteiger partial charge in [-0.05, 0) is 65.1 Å². The molecule has 6 heteroatoms. The van der Waals surface area contributed by atoms with Gasteiger partial charge in [-0.25, -0.2) is 0 Å². The fraction of sp³-hybridized carbons (Fsp3) is 0.308. The van der Waals surface area contributed by atoms with Gasteiger partial charge in [-0.2, -0.15) is 0 Å². The summed E-state index contributed by atoms with van der Waals surface area (Å²) in [6.07, 6.45) is 0.928. The fourth-order valence-corrected chi connectivity index (χ4v) is 4.85. The van der Waals surface area contributed by atoms with Crippen LogP contribution in [0.25, 0.3) is 0 Å². The Hall–Kier alpha value is -2.89. The van der Waals surface area contributed by atoms with Gasteiger partial charge in [-0.15, -0.1) is 0 Å². The van der Waals surface area contributed by atoms with Crippen molar-refractivity contribution < 1.29 is 18.9 Å².